The predicted molar refractivity (Wildman–Crippen MR) is 45.3 cm³/mol. The van der Waals surface area contributed by atoms with Crippen molar-refractivity contribution in [2.45, 2.75) is 32.2 Å². The SMILES string of the molecule is CC[C@H](N)CCc1ccco1. The minimum absolute atomic E-state index is 0.320. The molecule has 0 saturated carbocycles. The second-order valence-electron chi connectivity index (χ2n) is 2.79. The first kappa shape index (κ1) is 8.34. The molecule has 0 aliphatic carbocycles. The zero-order chi connectivity index (χ0) is 8.10. The average Bonchev–Trinajstić information content (AvgIpc) is 2.52. The van der Waals surface area contributed by atoms with Gasteiger partial charge in [0.25, 0.3) is 0 Å². The molecule has 0 radical (unpaired) electrons. The third-order valence-electron chi connectivity index (χ3n) is 1.87. The smallest absolute Gasteiger partial charge is 0.103 e. The van der Waals surface area contributed by atoms with Gasteiger partial charge in [0.15, 0.2) is 0 Å². The van der Waals surface area contributed by atoms with Crippen LogP contribution in [-0.2, 0) is 6.42 Å². The van der Waals surface area contributed by atoms with Crippen molar-refractivity contribution in [3.8, 4) is 0 Å². The molecule has 62 valence electrons. The third kappa shape index (κ3) is 2.76. The molecule has 0 aromatic carbocycles. The zero-order valence-corrected chi connectivity index (χ0v) is 6.92. The lowest BCUT2D eigenvalue weighted by Crippen LogP contribution is -2.18. The molecule has 1 atom stereocenters. The molecule has 1 aromatic rings. The van der Waals surface area contributed by atoms with E-state index in [0.29, 0.717) is 6.04 Å². The van der Waals surface area contributed by atoms with Gasteiger partial charge >= 0.3 is 0 Å². The summed E-state index contributed by atoms with van der Waals surface area (Å²) in [5.74, 6) is 1.04. The zero-order valence-electron chi connectivity index (χ0n) is 6.92. The Morgan fingerprint density at radius 1 is 1.64 bits per heavy atom. The van der Waals surface area contributed by atoms with Crippen molar-refractivity contribution in [1.29, 1.82) is 0 Å². The lowest BCUT2D eigenvalue weighted by molar-refractivity contribution is 0.481. The maximum atomic E-state index is 5.75. The first-order chi connectivity index (χ1) is 5.33. The first-order valence-corrected chi connectivity index (χ1v) is 4.11. The average molecular weight is 153 g/mol. The Bertz CT molecular complexity index is 181. The van der Waals surface area contributed by atoms with Gasteiger partial charge in [0.1, 0.15) is 5.76 Å². The highest BCUT2D eigenvalue weighted by Crippen LogP contribution is 2.05. The molecule has 11 heavy (non-hydrogen) atoms. The van der Waals surface area contributed by atoms with Gasteiger partial charge in [-0.3, -0.25) is 0 Å². The predicted octanol–water partition coefficient (Wildman–Crippen LogP) is 1.95. The van der Waals surface area contributed by atoms with Gasteiger partial charge in [-0.2, -0.15) is 0 Å². The molecule has 0 spiro atoms. The number of furan rings is 1. The van der Waals surface area contributed by atoms with Crippen LogP contribution in [0.15, 0.2) is 22.8 Å². The summed E-state index contributed by atoms with van der Waals surface area (Å²) < 4.78 is 5.17. The number of hydrogen-bond acceptors (Lipinski definition) is 2. The molecule has 2 N–H and O–H groups in total. The van der Waals surface area contributed by atoms with E-state index in [2.05, 4.69) is 6.92 Å². The van der Waals surface area contributed by atoms with Crippen LogP contribution in [0.25, 0.3) is 0 Å². The standard InChI is InChI=1S/C9H15NO/c1-2-8(10)5-6-9-4-3-7-11-9/h3-4,7-8H,2,5-6,10H2,1H3/t8-/m0/s1. The van der Waals surface area contributed by atoms with Crippen LogP contribution < -0.4 is 5.73 Å². The largest absolute Gasteiger partial charge is 0.469 e. The van der Waals surface area contributed by atoms with Gasteiger partial charge in [-0.15, -0.1) is 0 Å². The highest BCUT2D eigenvalue weighted by molar-refractivity contribution is 4.98. The van der Waals surface area contributed by atoms with Crippen LogP contribution in [-0.4, -0.2) is 6.04 Å². The van der Waals surface area contributed by atoms with Crippen molar-refractivity contribution in [3.63, 3.8) is 0 Å². The maximum Gasteiger partial charge on any atom is 0.103 e. The van der Waals surface area contributed by atoms with Crippen LogP contribution >= 0.6 is 0 Å². The Morgan fingerprint density at radius 3 is 3.00 bits per heavy atom. The van der Waals surface area contributed by atoms with Crippen LogP contribution in [0.4, 0.5) is 0 Å². The topological polar surface area (TPSA) is 39.2 Å². The van der Waals surface area contributed by atoms with E-state index in [4.69, 9.17) is 10.2 Å². The summed E-state index contributed by atoms with van der Waals surface area (Å²) in [6.07, 6.45) is 4.72. The van der Waals surface area contributed by atoms with E-state index in [9.17, 15) is 0 Å². The summed E-state index contributed by atoms with van der Waals surface area (Å²) in [4.78, 5) is 0. The molecule has 2 heteroatoms. The van der Waals surface area contributed by atoms with E-state index in [-0.39, 0.29) is 0 Å². The summed E-state index contributed by atoms with van der Waals surface area (Å²) in [5, 5.41) is 0. The molecule has 1 aromatic heterocycles. The van der Waals surface area contributed by atoms with Crippen LogP contribution in [0.2, 0.25) is 0 Å². The molecule has 0 unspecified atom stereocenters. The fraction of sp³-hybridized carbons (Fsp3) is 0.556. The molecule has 0 bridgehead atoms. The molecule has 1 rings (SSSR count). The van der Waals surface area contributed by atoms with E-state index in [1.807, 2.05) is 12.1 Å². The molecule has 0 fully saturated rings. The van der Waals surface area contributed by atoms with Gasteiger partial charge in [0, 0.05) is 12.5 Å². The van der Waals surface area contributed by atoms with Crippen LogP contribution in [0.1, 0.15) is 25.5 Å². The van der Waals surface area contributed by atoms with Crippen molar-refractivity contribution in [2.24, 2.45) is 5.73 Å². The molecule has 0 aliphatic rings. The van der Waals surface area contributed by atoms with Crippen molar-refractivity contribution in [3.05, 3.63) is 24.2 Å². The highest BCUT2D eigenvalue weighted by Gasteiger charge is 2.00. The second-order valence-corrected chi connectivity index (χ2v) is 2.79. The molecule has 1 heterocycles. The fourth-order valence-corrected chi connectivity index (χ4v) is 0.987. The van der Waals surface area contributed by atoms with E-state index in [1.165, 1.54) is 0 Å². The quantitative estimate of drug-likeness (QED) is 0.718. The number of rotatable bonds is 4. The van der Waals surface area contributed by atoms with Gasteiger partial charge < -0.3 is 10.2 Å². The molecule has 0 aliphatic heterocycles. The lowest BCUT2D eigenvalue weighted by atomic mass is 10.1. The maximum absolute atomic E-state index is 5.75. The highest BCUT2D eigenvalue weighted by atomic mass is 16.3. The van der Waals surface area contributed by atoms with Gasteiger partial charge in [-0.05, 0) is 25.0 Å². The summed E-state index contributed by atoms with van der Waals surface area (Å²) >= 11 is 0. The van der Waals surface area contributed by atoms with E-state index >= 15 is 0 Å². The minimum atomic E-state index is 0.320. The Balaban J connectivity index is 2.23. The Kier molecular flexibility index (Phi) is 3.17. The summed E-state index contributed by atoms with van der Waals surface area (Å²) in [6.45, 7) is 2.10. The Hall–Kier alpha value is -0.760. The summed E-state index contributed by atoms with van der Waals surface area (Å²) in [6, 6.07) is 4.22. The molecule has 0 amide bonds. The number of hydrogen-bond donors (Lipinski definition) is 1. The lowest BCUT2D eigenvalue weighted by Gasteiger charge is -2.05. The fourth-order valence-electron chi connectivity index (χ4n) is 0.987. The summed E-state index contributed by atoms with van der Waals surface area (Å²) in [7, 11) is 0. The van der Waals surface area contributed by atoms with Crippen molar-refractivity contribution >= 4 is 0 Å². The van der Waals surface area contributed by atoms with Gasteiger partial charge in [0.05, 0.1) is 6.26 Å². The van der Waals surface area contributed by atoms with E-state index in [1.54, 1.807) is 6.26 Å². The van der Waals surface area contributed by atoms with Crippen LogP contribution in [0.3, 0.4) is 0 Å². The monoisotopic (exact) mass is 153 g/mol. The van der Waals surface area contributed by atoms with E-state index < -0.39 is 0 Å². The van der Waals surface area contributed by atoms with Crippen LogP contribution in [0, 0.1) is 0 Å². The van der Waals surface area contributed by atoms with Crippen molar-refractivity contribution in [1.82, 2.24) is 0 Å². The third-order valence-corrected chi connectivity index (χ3v) is 1.87. The first-order valence-electron chi connectivity index (χ1n) is 4.11. The molecular formula is C9H15NO. The van der Waals surface area contributed by atoms with Gasteiger partial charge in [-0.25, -0.2) is 0 Å². The van der Waals surface area contributed by atoms with Gasteiger partial charge in [0.2, 0.25) is 0 Å². The van der Waals surface area contributed by atoms with Crippen LogP contribution in [0.5, 0.6) is 0 Å². The number of nitrogens with two attached hydrogens (primary N) is 1. The molecular weight excluding hydrogens is 138 g/mol. The molecule has 2 nitrogen and oxygen atoms in total. The molecule has 0 saturated heterocycles. The van der Waals surface area contributed by atoms with Crippen molar-refractivity contribution in [2.75, 3.05) is 0 Å². The van der Waals surface area contributed by atoms with Gasteiger partial charge in [-0.1, -0.05) is 6.92 Å². The minimum Gasteiger partial charge on any atom is -0.469 e. The Labute approximate surface area is 67.4 Å². The normalized spacial score (nSPS) is 13.3. The van der Waals surface area contributed by atoms with Crippen molar-refractivity contribution < 1.29 is 4.42 Å². The Morgan fingerprint density at radius 2 is 2.45 bits per heavy atom. The summed E-state index contributed by atoms with van der Waals surface area (Å²) in [5.41, 5.74) is 5.75. The number of aryl methyl sites for hydroxylation is 1. The second kappa shape index (κ2) is 4.19. The van der Waals surface area contributed by atoms with E-state index in [0.717, 1.165) is 25.0 Å².